The Hall–Kier alpha value is -2.70. The topological polar surface area (TPSA) is 87.4 Å². The zero-order chi connectivity index (χ0) is 13.1. The first kappa shape index (κ1) is 11.4. The van der Waals surface area contributed by atoms with Gasteiger partial charge in [0.05, 0.1) is 31.0 Å². The van der Waals surface area contributed by atoms with Crippen LogP contribution in [-0.2, 0) is 13.1 Å². The van der Waals surface area contributed by atoms with Crippen molar-refractivity contribution in [2.45, 2.75) is 13.1 Å². The average Bonchev–Trinajstić information content (AvgIpc) is 3.08. The van der Waals surface area contributed by atoms with Crippen LogP contribution in [-0.4, -0.2) is 29.5 Å². The van der Waals surface area contributed by atoms with Crippen molar-refractivity contribution in [1.29, 1.82) is 0 Å². The highest BCUT2D eigenvalue weighted by atomic mass is 15.4. The second-order valence-electron chi connectivity index (χ2n) is 4.11. The summed E-state index contributed by atoms with van der Waals surface area (Å²) >= 11 is 0. The maximum atomic E-state index is 5.70. The highest BCUT2D eigenvalue weighted by Crippen LogP contribution is 2.19. The van der Waals surface area contributed by atoms with Gasteiger partial charge in [-0.15, -0.1) is 5.10 Å². The van der Waals surface area contributed by atoms with Gasteiger partial charge in [0.15, 0.2) is 0 Å². The number of nitrogens with two attached hydrogens (primary N) is 1. The maximum absolute atomic E-state index is 5.70. The second kappa shape index (κ2) is 4.89. The van der Waals surface area contributed by atoms with E-state index >= 15 is 0 Å². The van der Waals surface area contributed by atoms with Crippen LogP contribution in [0.15, 0.2) is 43.2 Å². The van der Waals surface area contributed by atoms with E-state index in [-0.39, 0.29) is 0 Å². The van der Waals surface area contributed by atoms with Gasteiger partial charge >= 0.3 is 0 Å². The van der Waals surface area contributed by atoms with Gasteiger partial charge in [0.1, 0.15) is 5.82 Å². The van der Waals surface area contributed by atoms with Gasteiger partial charge in [-0.25, -0.2) is 9.97 Å². The first-order valence-corrected chi connectivity index (χ1v) is 5.89. The third-order valence-corrected chi connectivity index (χ3v) is 2.83. The van der Waals surface area contributed by atoms with Crippen molar-refractivity contribution < 1.29 is 0 Å². The molecule has 0 aliphatic rings. The average molecular weight is 255 g/mol. The summed E-state index contributed by atoms with van der Waals surface area (Å²) in [6.07, 6.45) is 8.80. The lowest BCUT2D eigenvalue weighted by molar-refractivity contribution is 0.521. The van der Waals surface area contributed by atoms with Gasteiger partial charge in [-0.05, 0) is 12.1 Å². The lowest BCUT2D eigenvalue weighted by Crippen LogP contribution is -2.08. The molecule has 0 saturated carbocycles. The summed E-state index contributed by atoms with van der Waals surface area (Å²) in [5, 5.41) is 7.71. The molecule has 0 spiro atoms. The lowest BCUT2D eigenvalue weighted by atomic mass is 10.2. The van der Waals surface area contributed by atoms with Gasteiger partial charge in [-0.3, -0.25) is 4.68 Å². The van der Waals surface area contributed by atoms with Crippen LogP contribution in [0.5, 0.6) is 0 Å². The van der Waals surface area contributed by atoms with E-state index in [1.807, 2.05) is 24.5 Å². The number of aryl methyl sites for hydroxylation is 2. The molecule has 2 N–H and O–H groups in total. The smallest absolute Gasteiger partial charge is 0.123 e. The van der Waals surface area contributed by atoms with Crippen LogP contribution >= 0.6 is 0 Å². The van der Waals surface area contributed by atoms with Crippen LogP contribution in [0.25, 0.3) is 11.3 Å². The van der Waals surface area contributed by atoms with Gasteiger partial charge in [0.2, 0.25) is 0 Å². The molecule has 0 aromatic carbocycles. The van der Waals surface area contributed by atoms with Crippen molar-refractivity contribution in [2.75, 3.05) is 5.73 Å². The molecule has 0 fully saturated rings. The summed E-state index contributed by atoms with van der Waals surface area (Å²) in [6, 6.07) is 3.75. The van der Waals surface area contributed by atoms with Crippen LogP contribution in [0.1, 0.15) is 0 Å². The number of pyridine rings is 1. The number of rotatable bonds is 4. The van der Waals surface area contributed by atoms with Crippen molar-refractivity contribution >= 4 is 5.82 Å². The van der Waals surface area contributed by atoms with Crippen LogP contribution in [0.3, 0.4) is 0 Å². The number of hydrogen-bond acceptors (Lipinski definition) is 5. The number of anilines is 1. The zero-order valence-electron chi connectivity index (χ0n) is 10.2. The van der Waals surface area contributed by atoms with Crippen LogP contribution in [0.4, 0.5) is 5.82 Å². The molecule has 7 nitrogen and oxygen atoms in total. The Morgan fingerprint density at radius 2 is 2.16 bits per heavy atom. The molecule has 3 aromatic heterocycles. The summed E-state index contributed by atoms with van der Waals surface area (Å²) in [4.78, 5) is 8.18. The van der Waals surface area contributed by atoms with E-state index in [0.29, 0.717) is 5.82 Å². The van der Waals surface area contributed by atoms with E-state index in [1.54, 1.807) is 23.4 Å². The summed E-state index contributed by atoms with van der Waals surface area (Å²) in [6.45, 7) is 1.50. The molecule has 3 heterocycles. The molecule has 0 unspecified atom stereocenters. The number of aromatic nitrogens is 6. The fraction of sp³-hybridized carbons (Fsp3) is 0.167. The summed E-state index contributed by atoms with van der Waals surface area (Å²) < 4.78 is 3.83. The number of hydrogen-bond donors (Lipinski definition) is 1. The Balaban J connectivity index is 1.82. The van der Waals surface area contributed by atoms with E-state index in [2.05, 4.69) is 24.8 Å². The highest BCUT2D eigenvalue weighted by Gasteiger charge is 2.06. The molecule has 0 aliphatic heterocycles. The predicted molar refractivity (Wildman–Crippen MR) is 69.9 cm³/mol. The molecular formula is C12H13N7. The van der Waals surface area contributed by atoms with E-state index < -0.39 is 0 Å². The van der Waals surface area contributed by atoms with Crippen molar-refractivity contribution in [3.05, 3.63) is 43.2 Å². The van der Waals surface area contributed by atoms with Gasteiger partial charge in [-0.2, -0.15) is 0 Å². The fourth-order valence-electron chi connectivity index (χ4n) is 1.91. The molecule has 0 bridgehead atoms. The van der Waals surface area contributed by atoms with E-state index in [4.69, 9.17) is 5.73 Å². The first-order chi connectivity index (χ1) is 9.33. The zero-order valence-corrected chi connectivity index (χ0v) is 10.2. The maximum Gasteiger partial charge on any atom is 0.123 e. The molecule has 96 valence electrons. The molecule has 0 radical (unpaired) electrons. The van der Waals surface area contributed by atoms with Crippen LogP contribution in [0.2, 0.25) is 0 Å². The minimum Gasteiger partial charge on any atom is -0.384 e. The second-order valence-corrected chi connectivity index (χ2v) is 4.11. The van der Waals surface area contributed by atoms with Gasteiger partial charge in [0.25, 0.3) is 0 Å². The molecule has 7 heteroatoms. The molecule has 19 heavy (non-hydrogen) atoms. The Labute approximate surface area is 109 Å². The molecule has 3 rings (SSSR count). The van der Waals surface area contributed by atoms with Crippen molar-refractivity contribution in [3.63, 3.8) is 0 Å². The third kappa shape index (κ3) is 2.44. The Morgan fingerprint density at radius 1 is 1.21 bits per heavy atom. The molecular weight excluding hydrogens is 242 g/mol. The molecule has 0 saturated heterocycles. The fourth-order valence-corrected chi connectivity index (χ4v) is 1.91. The molecule has 3 aromatic rings. The monoisotopic (exact) mass is 255 g/mol. The SMILES string of the molecule is Nc1cc(-c2cncn2CCn2ccnn2)ccn1. The van der Waals surface area contributed by atoms with Gasteiger partial charge in [0, 0.05) is 24.5 Å². The van der Waals surface area contributed by atoms with Crippen molar-refractivity contribution in [3.8, 4) is 11.3 Å². The Bertz CT molecular complexity index is 656. The van der Waals surface area contributed by atoms with E-state index in [1.165, 1.54) is 0 Å². The first-order valence-electron chi connectivity index (χ1n) is 5.89. The van der Waals surface area contributed by atoms with Crippen LogP contribution in [0, 0.1) is 0 Å². The Kier molecular flexibility index (Phi) is 2.93. The van der Waals surface area contributed by atoms with Gasteiger partial charge < -0.3 is 10.3 Å². The van der Waals surface area contributed by atoms with Gasteiger partial charge in [-0.1, -0.05) is 5.21 Å². The molecule has 0 amide bonds. The minimum atomic E-state index is 0.501. The van der Waals surface area contributed by atoms with Crippen molar-refractivity contribution in [2.24, 2.45) is 0 Å². The molecule has 0 atom stereocenters. The standard InChI is InChI=1S/C12H13N7/c13-12-7-10(1-2-15-12)11-8-14-9-18(11)5-6-19-4-3-16-17-19/h1-4,7-9H,5-6H2,(H2,13,15). The normalized spacial score (nSPS) is 10.7. The molecule has 0 aliphatic carbocycles. The Morgan fingerprint density at radius 3 is 2.95 bits per heavy atom. The van der Waals surface area contributed by atoms with Crippen LogP contribution < -0.4 is 5.73 Å². The summed E-state index contributed by atoms with van der Waals surface area (Å²) in [5.74, 6) is 0.501. The third-order valence-electron chi connectivity index (χ3n) is 2.83. The lowest BCUT2D eigenvalue weighted by Gasteiger charge is -2.08. The summed E-state index contributed by atoms with van der Waals surface area (Å²) in [5.41, 5.74) is 7.71. The highest BCUT2D eigenvalue weighted by molar-refractivity contribution is 5.61. The number of imidazole rings is 1. The van der Waals surface area contributed by atoms with Crippen molar-refractivity contribution in [1.82, 2.24) is 29.5 Å². The quantitative estimate of drug-likeness (QED) is 0.745. The number of nitrogens with zero attached hydrogens (tertiary/aromatic N) is 6. The predicted octanol–water partition coefficient (Wildman–Crippen LogP) is 0.819. The minimum absolute atomic E-state index is 0.501. The summed E-state index contributed by atoms with van der Waals surface area (Å²) in [7, 11) is 0. The largest absolute Gasteiger partial charge is 0.384 e. The van der Waals surface area contributed by atoms with E-state index in [0.717, 1.165) is 24.3 Å². The number of nitrogen functional groups attached to an aromatic ring is 1. The van der Waals surface area contributed by atoms with E-state index in [9.17, 15) is 0 Å².